The van der Waals surface area contributed by atoms with Crippen molar-refractivity contribution < 1.29 is 13.5 Å². The SMILES string of the molecule is Cc1ccc(S(=O)(=O)N(CCCCO)C2CC2)c(C)c1. The Kier molecular flexibility index (Phi) is 4.83. The maximum Gasteiger partial charge on any atom is 0.243 e. The van der Waals surface area contributed by atoms with Crippen LogP contribution in [0.15, 0.2) is 23.1 Å². The van der Waals surface area contributed by atoms with Crippen molar-refractivity contribution >= 4 is 10.0 Å². The number of rotatable bonds is 7. The predicted molar refractivity (Wildman–Crippen MR) is 79.1 cm³/mol. The molecule has 1 fully saturated rings. The van der Waals surface area contributed by atoms with Gasteiger partial charge in [0.15, 0.2) is 0 Å². The van der Waals surface area contributed by atoms with E-state index in [2.05, 4.69) is 0 Å². The molecule has 0 radical (unpaired) electrons. The number of aliphatic hydroxyl groups excluding tert-OH is 1. The lowest BCUT2D eigenvalue weighted by molar-refractivity contribution is 0.275. The quantitative estimate of drug-likeness (QED) is 0.785. The number of unbranched alkanes of at least 4 members (excludes halogenated alkanes) is 1. The molecular formula is C15H23NO3S. The summed E-state index contributed by atoms with van der Waals surface area (Å²) in [5, 5.41) is 8.86. The highest BCUT2D eigenvalue weighted by Crippen LogP contribution is 2.33. The van der Waals surface area contributed by atoms with Gasteiger partial charge in [0.05, 0.1) is 4.90 Å². The Hall–Kier alpha value is -0.910. The first-order chi connectivity index (χ1) is 9.46. The van der Waals surface area contributed by atoms with Crippen LogP contribution < -0.4 is 0 Å². The Labute approximate surface area is 121 Å². The Morgan fingerprint density at radius 2 is 1.95 bits per heavy atom. The Balaban J connectivity index is 2.25. The van der Waals surface area contributed by atoms with Gasteiger partial charge in [-0.3, -0.25) is 0 Å². The van der Waals surface area contributed by atoms with Crippen LogP contribution in [-0.4, -0.2) is 37.0 Å². The van der Waals surface area contributed by atoms with Crippen molar-refractivity contribution in [3.63, 3.8) is 0 Å². The average molecular weight is 297 g/mol. The van der Waals surface area contributed by atoms with E-state index >= 15 is 0 Å². The molecule has 1 aliphatic rings. The molecule has 1 aromatic rings. The molecule has 1 aromatic carbocycles. The number of sulfonamides is 1. The molecule has 0 bridgehead atoms. The van der Waals surface area contributed by atoms with Crippen LogP contribution in [0.5, 0.6) is 0 Å². The topological polar surface area (TPSA) is 57.6 Å². The molecule has 0 atom stereocenters. The summed E-state index contributed by atoms with van der Waals surface area (Å²) < 4.78 is 27.2. The van der Waals surface area contributed by atoms with Gasteiger partial charge in [-0.15, -0.1) is 0 Å². The standard InChI is InChI=1S/C15H23NO3S/c1-12-5-8-15(13(2)11-12)20(18,19)16(14-6-7-14)9-3-4-10-17/h5,8,11,14,17H,3-4,6-7,9-10H2,1-2H3. The fourth-order valence-corrected chi connectivity index (χ4v) is 4.39. The number of hydrogen-bond donors (Lipinski definition) is 1. The van der Waals surface area contributed by atoms with Crippen molar-refractivity contribution in [2.75, 3.05) is 13.2 Å². The summed E-state index contributed by atoms with van der Waals surface area (Å²) in [5.41, 5.74) is 1.87. The average Bonchev–Trinajstić information content (AvgIpc) is 3.18. The van der Waals surface area contributed by atoms with Crippen molar-refractivity contribution in [1.29, 1.82) is 0 Å². The molecule has 2 rings (SSSR count). The summed E-state index contributed by atoms with van der Waals surface area (Å²) in [6, 6.07) is 5.62. The predicted octanol–water partition coefficient (Wildman–Crippen LogP) is 2.23. The zero-order valence-corrected chi connectivity index (χ0v) is 13.0. The van der Waals surface area contributed by atoms with E-state index in [1.807, 2.05) is 26.0 Å². The molecule has 1 N–H and O–H groups in total. The van der Waals surface area contributed by atoms with Crippen LogP contribution in [0, 0.1) is 13.8 Å². The lowest BCUT2D eigenvalue weighted by Crippen LogP contribution is -2.34. The van der Waals surface area contributed by atoms with Gasteiger partial charge in [0.25, 0.3) is 0 Å². The normalized spacial score (nSPS) is 15.8. The summed E-state index contributed by atoms with van der Waals surface area (Å²) in [6.07, 6.45) is 3.25. The van der Waals surface area contributed by atoms with E-state index in [1.54, 1.807) is 10.4 Å². The minimum atomic E-state index is -3.41. The molecule has 0 saturated heterocycles. The highest BCUT2D eigenvalue weighted by Gasteiger charge is 2.38. The Bertz CT molecular complexity index is 564. The zero-order chi connectivity index (χ0) is 14.8. The summed E-state index contributed by atoms with van der Waals surface area (Å²) in [4.78, 5) is 0.416. The molecule has 1 saturated carbocycles. The summed E-state index contributed by atoms with van der Waals surface area (Å²) in [7, 11) is -3.41. The van der Waals surface area contributed by atoms with Crippen LogP contribution >= 0.6 is 0 Å². The number of aryl methyl sites for hydroxylation is 2. The zero-order valence-electron chi connectivity index (χ0n) is 12.2. The van der Waals surface area contributed by atoms with E-state index in [1.165, 1.54) is 0 Å². The largest absolute Gasteiger partial charge is 0.396 e. The smallest absolute Gasteiger partial charge is 0.243 e. The van der Waals surface area contributed by atoms with Crippen molar-refractivity contribution in [3.05, 3.63) is 29.3 Å². The second kappa shape index (κ2) is 6.24. The fraction of sp³-hybridized carbons (Fsp3) is 0.600. The van der Waals surface area contributed by atoms with Crippen LogP contribution in [0.2, 0.25) is 0 Å². The maximum atomic E-state index is 12.8. The Morgan fingerprint density at radius 1 is 1.25 bits per heavy atom. The number of nitrogens with zero attached hydrogens (tertiary/aromatic N) is 1. The van der Waals surface area contributed by atoms with Gasteiger partial charge in [-0.05, 0) is 51.2 Å². The van der Waals surface area contributed by atoms with Gasteiger partial charge in [0.2, 0.25) is 10.0 Å². The molecule has 4 nitrogen and oxygen atoms in total. The van der Waals surface area contributed by atoms with E-state index < -0.39 is 10.0 Å². The molecule has 0 amide bonds. The van der Waals surface area contributed by atoms with Crippen LogP contribution in [0.25, 0.3) is 0 Å². The maximum absolute atomic E-state index is 12.8. The molecule has 20 heavy (non-hydrogen) atoms. The molecule has 0 aromatic heterocycles. The van der Waals surface area contributed by atoms with Crippen LogP contribution in [-0.2, 0) is 10.0 Å². The highest BCUT2D eigenvalue weighted by molar-refractivity contribution is 7.89. The van der Waals surface area contributed by atoms with Crippen LogP contribution in [0.1, 0.15) is 36.8 Å². The molecular weight excluding hydrogens is 274 g/mol. The minimum Gasteiger partial charge on any atom is -0.396 e. The van der Waals surface area contributed by atoms with Crippen LogP contribution in [0.3, 0.4) is 0 Å². The molecule has 0 heterocycles. The van der Waals surface area contributed by atoms with Crippen molar-refractivity contribution in [2.45, 2.75) is 50.5 Å². The monoisotopic (exact) mass is 297 g/mol. The first-order valence-corrected chi connectivity index (χ1v) is 8.61. The highest BCUT2D eigenvalue weighted by atomic mass is 32.2. The third kappa shape index (κ3) is 3.40. The first-order valence-electron chi connectivity index (χ1n) is 7.17. The van der Waals surface area contributed by atoms with Crippen molar-refractivity contribution in [3.8, 4) is 0 Å². The molecule has 0 spiro atoms. The Morgan fingerprint density at radius 3 is 2.50 bits per heavy atom. The third-order valence-corrected chi connectivity index (χ3v) is 5.77. The molecule has 0 unspecified atom stereocenters. The second-order valence-electron chi connectivity index (χ2n) is 5.55. The molecule has 1 aliphatic carbocycles. The number of hydrogen-bond acceptors (Lipinski definition) is 3. The van der Waals surface area contributed by atoms with E-state index in [0.717, 1.165) is 24.0 Å². The van der Waals surface area contributed by atoms with Gasteiger partial charge in [-0.1, -0.05) is 17.7 Å². The molecule has 5 heteroatoms. The van der Waals surface area contributed by atoms with Gasteiger partial charge in [-0.25, -0.2) is 8.42 Å². The van der Waals surface area contributed by atoms with Crippen molar-refractivity contribution in [1.82, 2.24) is 4.31 Å². The fourth-order valence-electron chi connectivity index (χ4n) is 2.46. The lowest BCUT2D eigenvalue weighted by atomic mass is 10.2. The van der Waals surface area contributed by atoms with Gasteiger partial charge >= 0.3 is 0 Å². The van der Waals surface area contributed by atoms with E-state index in [0.29, 0.717) is 24.3 Å². The van der Waals surface area contributed by atoms with Gasteiger partial charge in [0.1, 0.15) is 0 Å². The van der Waals surface area contributed by atoms with Gasteiger partial charge in [0, 0.05) is 19.2 Å². The summed E-state index contributed by atoms with van der Waals surface area (Å²) in [5.74, 6) is 0. The van der Waals surface area contributed by atoms with Gasteiger partial charge in [-0.2, -0.15) is 4.31 Å². The second-order valence-corrected chi connectivity index (χ2v) is 7.41. The first kappa shape index (κ1) is 15.5. The van der Waals surface area contributed by atoms with E-state index in [9.17, 15) is 8.42 Å². The number of aliphatic hydroxyl groups is 1. The van der Waals surface area contributed by atoms with Crippen LogP contribution in [0.4, 0.5) is 0 Å². The van der Waals surface area contributed by atoms with Gasteiger partial charge < -0.3 is 5.11 Å². The minimum absolute atomic E-state index is 0.113. The van der Waals surface area contributed by atoms with E-state index in [4.69, 9.17) is 5.11 Å². The molecule has 112 valence electrons. The number of benzene rings is 1. The lowest BCUT2D eigenvalue weighted by Gasteiger charge is -2.23. The summed E-state index contributed by atoms with van der Waals surface area (Å²) >= 11 is 0. The third-order valence-electron chi connectivity index (χ3n) is 3.66. The molecule has 0 aliphatic heterocycles. The summed E-state index contributed by atoms with van der Waals surface area (Å²) in [6.45, 7) is 4.42. The van der Waals surface area contributed by atoms with E-state index in [-0.39, 0.29) is 12.6 Å². The van der Waals surface area contributed by atoms with Crippen molar-refractivity contribution in [2.24, 2.45) is 0 Å².